The number of hydrogen-bond donors (Lipinski definition) is 3. The molecule has 4 rings (SSSR count). The van der Waals surface area contributed by atoms with Crippen LogP contribution in [0.3, 0.4) is 0 Å². The minimum absolute atomic E-state index is 0.274. The van der Waals surface area contributed by atoms with Gasteiger partial charge in [0, 0.05) is 61.8 Å². The van der Waals surface area contributed by atoms with Gasteiger partial charge in [0.1, 0.15) is 5.82 Å². The SMILES string of the molecule is C=C(Nc1cc2cc(-c3cnn(C)c3)ccc2cn1)/C(N)=C/N(N)C1CCN(C(C)C)CC1. The monoisotopic (exact) mass is 446 g/mol. The topological polar surface area (TPSA) is 101 Å². The maximum absolute atomic E-state index is 6.32. The fraction of sp³-hybridized carbons (Fsp3) is 0.360. The van der Waals surface area contributed by atoms with E-state index >= 15 is 0 Å². The summed E-state index contributed by atoms with van der Waals surface area (Å²) in [6, 6.07) is 9.11. The smallest absolute Gasteiger partial charge is 0.130 e. The van der Waals surface area contributed by atoms with Crippen LogP contribution in [0, 0.1) is 0 Å². The van der Waals surface area contributed by atoms with Gasteiger partial charge in [-0.25, -0.2) is 10.8 Å². The van der Waals surface area contributed by atoms with Crippen LogP contribution in [0.1, 0.15) is 26.7 Å². The van der Waals surface area contributed by atoms with E-state index < -0.39 is 0 Å². The summed E-state index contributed by atoms with van der Waals surface area (Å²) in [6.07, 6.45) is 9.51. The molecule has 1 aliphatic rings. The summed E-state index contributed by atoms with van der Waals surface area (Å²) < 4.78 is 1.80. The molecule has 3 aromatic rings. The quantitative estimate of drug-likeness (QED) is 0.290. The van der Waals surface area contributed by atoms with Crippen LogP contribution in [0.5, 0.6) is 0 Å². The number of aryl methyl sites for hydroxylation is 1. The van der Waals surface area contributed by atoms with Crippen molar-refractivity contribution in [2.75, 3.05) is 18.4 Å². The predicted octanol–water partition coefficient (Wildman–Crippen LogP) is 3.41. The normalized spacial score (nSPS) is 15.8. The number of likely N-dealkylation sites (tertiary alicyclic amines) is 1. The van der Waals surface area contributed by atoms with Crippen LogP contribution in [0.4, 0.5) is 5.82 Å². The number of nitrogens with zero attached hydrogens (tertiary/aromatic N) is 5. The number of fused-ring (bicyclic) bond motifs is 1. The lowest BCUT2D eigenvalue weighted by molar-refractivity contribution is 0.118. The van der Waals surface area contributed by atoms with Gasteiger partial charge < -0.3 is 21.0 Å². The highest BCUT2D eigenvalue weighted by Gasteiger charge is 2.23. The first-order valence-electron chi connectivity index (χ1n) is 11.4. The largest absolute Gasteiger partial charge is 0.396 e. The standard InChI is InChI=1S/C25H34N8/c1-17(2)32-9-7-23(8-10-32)33(27)16-24(26)18(3)30-25-12-21-11-19(5-6-20(21)13-28-25)22-14-29-31(4)15-22/h5-6,11-17,23H,3,7-10,26-27H2,1-2,4H3,(H,28,30)/b24-16-. The summed E-state index contributed by atoms with van der Waals surface area (Å²) in [7, 11) is 1.91. The van der Waals surface area contributed by atoms with Crippen molar-refractivity contribution in [2.45, 2.75) is 38.8 Å². The third-order valence-corrected chi connectivity index (χ3v) is 6.33. The fourth-order valence-electron chi connectivity index (χ4n) is 4.23. The first-order valence-corrected chi connectivity index (χ1v) is 11.4. The number of nitrogens with one attached hydrogen (secondary N) is 1. The molecule has 5 N–H and O–H groups in total. The number of aromatic nitrogens is 3. The van der Waals surface area contributed by atoms with Gasteiger partial charge in [-0.2, -0.15) is 5.10 Å². The second kappa shape index (κ2) is 9.64. The van der Waals surface area contributed by atoms with Crippen LogP contribution < -0.4 is 16.9 Å². The average Bonchev–Trinajstić information content (AvgIpc) is 3.24. The Morgan fingerprint density at radius 3 is 2.61 bits per heavy atom. The molecule has 0 radical (unpaired) electrons. The van der Waals surface area contributed by atoms with Gasteiger partial charge in [-0.3, -0.25) is 4.68 Å². The van der Waals surface area contributed by atoms with Crippen molar-refractivity contribution < 1.29 is 0 Å². The lowest BCUT2D eigenvalue weighted by atomic mass is 10.0. The Hall–Kier alpha value is -3.36. The highest BCUT2D eigenvalue weighted by molar-refractivity contribution is 5.88. The van der Waals surface area contributed by atoms with Gasteiger partial charge in [0.05, 0.1) is 17.6 Å². The molecular weight excluding hydrogens is 412 g/mol. The summed E-state index contributed by atoms with van der Waals surface area (Å²) in [5, 5.41) is 11.3. The molecule has 0 unspecified atom stereocenters. The Kier molecular flexibility index (Phi) is 6.67. The molecule has 0 spiro atoms. The lowest BCUT2D eigenvalue weighted by Crippen LogP contribution is -2.47. The number of hydrazine groups is 1. The van der Waals surface area contributed by atoms with E-state index in [4.69, 9.17) is 11.6 Å². The van der Waals surface area contributed by atoms with Gasteiger partial charge >= 0.3 is 0 Å². The maximum atomic E-state index is 6.32. The zero-order valence-corrected chi connectivity index (χ0v) is 19.7. The van der Waals surface area contributed by atoms with Gasteiger partial charge in [0.15, 0.2) is 0 Å². The molecule has 0 amide bonds. The minimum atomic E-state index is 0.274. The van der Waals surface area contributed by atoms with Crippen molar-refractivity contribution in [3.8, 4) is 11.1 Å². The van der Waals surface area contributed by atoms with Gasteiger partial charge in [0.25, 0.3) is 0 Å². The number of rotatable bonds is 7. The van der Waals surface area contributed by atoms with E-state index in [1.54, 1.807) is 15.9 Å². The Bertz CT molecular complexity index is 1150. The number of benzene rings is 1. The summed E-state index contributed by atoms with van der Waals surface area (Å²) in [5.74, 6) is 7.00. The number of piperidine rings is 1. The predicted molar refractivity (Wildman–Crippen MR) is 135 cm³/mol. The van der Waals surface area contributed by atoms with Crippen LogP contribution in [0.25, 0.3) is 21.9 Å². The second-order valence-corrected chi connectivity index (χ2v) is 9.03. The maximum Gasteiger partial charge on any atom is 0.130 e. The van der Waals surface area contributed by atoms with E-state index in [1.807, 2.05) is 31.7 Å². The molecule has 2 aromatic heterocycles. The zero-order valence-electron chi connectivity index (χ0n) is 19.7. The molecule has 0 saturated carbocycles. The van der Waals surface area contributed by atoms with Crippen molar-refractivity contribution in [1.82, 2.24) is 24.7 Å². The van der Waals surface area contributed by atoms with Crippen LogP contribution >= 0.6 is 0 Å². The molecule has 0 bridgehead atoms. The van der Waals surface area contributed by atoms with Gasteiger partial charge in [0.2, 0.25) is 0 Å². The van der Waals surface area contributed by atoms with Gasteiger partial charge in [-0.05, 0) is 49.8 Å². The van der Waals surface area contributed by atoms with Crippen LogP contribution in [-0.4, -0.2) is 49.8 Å². The Balaban J connectivity index is 1.43. The average molecular weight is 447 g/mol. The van der Waals surface area contributed by atoms with E-state index in [0.29, 0.717) is 23.3 Å². The van der Waals surface area contributed by atoms with E-state index in [1.165, 1.54) is 0 Å². The molecule has 1 saturated heterocycles. The molecular formula is C25H34N8. The van der Waals surface area contributed by atoms with Crippen LogP contribution in [0.2, 0.25) is 0 Å². The molecule has 174 valence electrons. The van der Waals surface area contributed by atoms with Crippen LogP contribution in [-0.2, 0) is 7.05 Å². The van der Waals surface area contributed by atoms with E-state index in [9.17, 15) is 0 Å². The van der Waals surface area contributed by atoms with Gasteiger partial charge in [-0.15, -0.1) is 0 Å². The van der Waals surface area contributed by atoms with E-state index in [2.05, 4.69) is 58.9 Å². The number of hydrogen-bond acceptors (Lipinski definition) is 7. The number of nitrogens with two attached hydrogens (primary N) is 2. The minimum Gasteiger partial charge on any atom is -0.396 e. The molecule has 33 heavy (non-hydrogen) atoms. The Morgan fingerprint density at radius 2 is 1.94 bits per heavy atom. The summed E-state index contributed by atoms with van der Waals surface area (Å²) >= 11 is 0. The molecule has 0 aliphatic carbocycles. The van der Waals surface area contributed by atoms with Crippen molar-refractivity contribution >= 4 is 16.6 Å². The Labute approximate surface area is 195 Å². The van der Waals surface area contributed by atoms with Gasteiger partial charge in [-0.1, -0.05) is 18.7 Å². The summed E-state index contributed by atoms with van der Waals surface area (Å²) in [5.41, 5.74) is 9.54. The molecule has 3 heterocycles. The zero-order chi connectivity index (χ0) is 23.5. The van der Waals surface area contributed by atoms with Crippen molar-refractivity contribution in [3.63, 3.8) is 0 Å². The third-order valence-electron chi connectivity index (χ3n) is 6.33. The fourth-order valence-corrected chi connectivity index (χ4v) is 4.23. The summed E-state index contributed by atoms with van der Waals surface area (Å²) in [6.45, 7) is 10.6. The molecule has 8 nitrogen and oxygen atoms in total. The summed E-state index contributed by atoms with van der Waals surface area (Å²) in [4.78, 5) is 6.98. The molecule has 8 heteroatoms. The van der Waals surface area contributed by atoms with Crippen molar-refractivity contribution in [2.24, 2.45) is 18.6 Å². The first kappa shape index (κ1) is 22.8. The highest BCUT2D eigenvalue weighted by atomic mass is 15.4. The number of pyridine rings is 1. The van der Waals surface area contributed by atoms with E-state index in [0.717, 1.165) is 47.8 Å². The second-order valence-electron chi connectivity index (χ2n) is 9.03. The van der Waals surface area contributed by atoms with Crippen LogP contribution in [0.15, 0.2) is 67.0 Å². The first-order chi connectivity index (χ1) is 15.8. The third kappa shape index (κ3) is 5.35. The number of anilines is 1. The van der Waals surface area contributed by atoms with Crippen molar-refractivity contribution in [3.05, 3.63) is 67.0 Å². The lowest BCUT2D eigenvalue weighted by Gasteiger charge is -2.37. The molecule has 1 fully saturated rings. The molecule has 1 aliphatic heterocycles. The van der Waals surface area contributed by atoms with E-state index in [-0.39, 0.29) is 6.04 Å². The molecule has 1 aromatic carbocycles. The molecule has 0 atom stereocenters. The van der Waals surface area contributed by atoms with Crippen molar-refractivity contribution in [1.29, 1.82) is 0 Å². The highest BCUT2D eigenvalue weighted by Crippen LogP contribution is 2.26. The Morgan fingerprint density at radius 1 is 1.18 bits per heavy atom.